The Morgan fingerprint density at radius 1 is 1.00 bits per heavy atom. The zero-order chi connectivity index (χ0) is 13.9. The van der Waals surface area contributed by atoms with Gasteiger partial charge < -0.3 is 30.1 Å². The van der Waals surface area contributed by atoms with Crippen LogP contribution in [0, 0.1) is 0 Å². The second kappa shape index (κ2) is 10.9. The van der Waals surface area contributed by atoms with Crippen molar-refractivity contribution in [1.82, 2.24) is 5.32 Å². The molecule has 1 unspecified atom stereocenters. The predicted octanol–water partition coefficient (Wildman–Crippen LogP) is -0.160. The third kappa shape index (κ3) is 6.23. The van der Waals surface area contributed by atoms with Crippen LogP contribution in [0.3, 0.4) is 0 Å². The molecule has 0 aliphatic rings. The summed E-state index contributed by atoms with van der Waals surface area (Å²) >= 11 is 0. The highest BCUT2D eigenvalue weighted by Gasteiger charge is 2.47. The van der Waals surface area contributed by atoms with Crippen molar-refractivity contribution < 1.29 is 13.3 Å². The second-order valence-electron chi connectivity index (χ2n) is 3.84. The van der Waals surface area contributed by atoms with E-state index in [0.717, 1.165) is 19.5 Å². The van der Waals surface area contributed by atoms with E-state index in [2.05, 4.69) is 5.32 Å². The number of nitrogens with two attached hydrogens (primary N) is 2. The minimum absolute atomic E-state index is 0.206. The summed E-state index contributed by atoms with van der Waals surface area (Å²) in [5.74, 6) is 0. The number of hydrogen-bond donors (Lipinski definition) is 3. The lowest BCUT2D eigenvalue weighted by Crippen LogP contribution is -2.61. The lowest BCUT2D eigenvalue weighted by Gasteiger charge is -2.33. The van der Waals surface area contributed by atoms with Gasteiger partial charge in [0.05, 0.1) is 5.67 Å². The topological polar surface area (TPSA) is 91.8 Å². The van der Waals surface area contributed by atoms with Crippen LogP contribution in [-0.2, 0) is 13.3 Å². The molecule has 0 aromatic rings. The Kier molecular flexibility index (Phi) is 10.8. The average Bonchev–Trinajstić information content (AvgIpc) is 2.35. The van der Waals surface area contributed by atoms with E-state index in [9.17, 15) is 0 Å². The molecule has 18 heavy (non-hydrogen) atoms. The van der Waals surface area contributed by atoms with E-state index in [1.807, 2.05) is 20.8 Å². The first kappa shape index (κ1) is 18.0. The molecule has 1 atom stereocenters. The Labute approximate surface area is 112 Å². The Morgan fingerprint density at radius 3 is 1.89 bits per heavy atom. The minimum Gasteiger partial charge on any atom is -0.373 e. The largest absolute Gasteiger partial charge is 0.518 e. The molecule has 0 amide bonds. The molecule has 0 aliphatic carbocycles. The molecule has 7 heteroatoms. The summed E-state index contributed by atoms with van der Waals surface area (Å²) in [4.78, 5) is 0. The van der Waals surface area contributed by atoms with Crippen molar-refractivity contribution in [2.75, 3.05) is 39.5 Å². The van der Waals surface area contributed by atoms with Crippen molar-refractivity contribution in [2.24, 2.45) is 11.5 Å². The predicted molar refractivity (Wildman–Crippen MR) is 75.1 cm³/mol. The molecule has 0 aromatic heterocycles. The summed E-state index contributed by atoms with van der Waals surface area (Å²) in [7, 11) is -2.75. The second-order valence-corrected chi connectivity index (χ2v) is 6.65. The maximum atomic E-state index is 6.21. The first-order valence-electron chi connectivity index (χ1n) is 6.75. The van der Waals surface area contributed by atoms with Crippen molar-refractivity contribution in [1.29, 1.82) is 0 Å². The molecule has 0 spiro atoms. The van der Waals surface area contributed by atoms with Gasteiger partial charge in [-0.05, 0) is 33.7 Å². The van der Waals surface area contributed by atoms with Crippen LogP contribution in [0.5, 0.6) is 0 Å². The van der Waals surface area contributed by atoms with Gasteiger partial charge in [-0.15, -0.1) is 0 Å². The quantitative estimate of drug-likeness (QED) is 0.340. The van der Waals surface area contributed by atoms with Gasteiger partial charge in [0.25, 0.3) is 0 Å². The summed E-state index contributed by atoms with van der Waals surface area (Å²) in [6, 6.07) is 0. The maximum Gasteiger partial charge on any atom is 0.518 e. The first-order chi connectivity index (χ1) is 8.66. The zero-order valence-electron chi connectivity index (χ0n) is 11.9. The average molecular weight is 279 g/mol. The van der Waals surface area contributed by atoms with Crippen LogP contribution in [0.1, 0.15) is 27.2 Å². The van der Waals surface area contributed by atoms with Gasteiger partial charge in [0.15, 0.2) is 0 Å². The Bertz CT molecular complexity index is 181. The van der Waals surface area contributed by atoms with Crippen molar-refractivity contribution in [3.63, 3.8) is 0 Å². The van der Waals surface area contributed by atoms with Crippen LogP contribution >= 0.6 is 0 Å². The van der Waals surface area contributed by atoms with Crippen LogP contribution in [0.2, 0.25) is 0 Å². The summed E-state index contributed by atoms with van der Waals surface area (Å²) in [5, 5.41) is 3.21. The Hall–Kier alpha value is -0.0231. The molecule has 0 bridgehead atoms. The number of rotatable bonds is 12. The molecule has 0 saturated heterocycles. The normalized spacial score (nSPS) is 13.8. The van der Waals surface area contributed by atoms with Gasteiger partial charge in [0.2, 0.25) is 0 Å². The van der Waals surface area contributed by atoms with Crippen molar-refractivity contribution >= 4 is 8.80 Å². The number of hydrogen-bond acceptors (Lipinski definition) is 6. The van der Waals surface area contributed by atoms with Gasteiger partial charge in [-0.25, -0.2) is 0 Å². The number of nitrogens with one attached hydrogen (secondary N) is 1. The van der Waals surface area contributed by atoms with Crippen molar-refractivity contribution in [3.05, 3.63) is 0 Å². The lowest BCUT2D eigenvalue weighted by atomic mass is 10.4. The van der Waals surface area contributed by atoms with E-state index in [0.29, 0.717) is 26.4 Å². The molecule has 0 saturated carbocycles. The Morgan fingerprint density at radius 2 is 1.50 bits per heavy atom. The maximum absolute atomic E-state index is 6.21. The van der Waals surface area contributed by atoms with Gasteiger partial charge in [0.1, 0.15) is 0 Å². The summed E-state index contributed by atoms with van der Waals surface area (Å²) in [6.07, 6.45) is 0.756. The highest BCUT2D eigenvalue weighted by atomic mass is 28.4. The highest BCUT2D eigenvalue weighted by molar-refractivity contribution is 6.62. The SMILES string of the molecule is CCO[Si](OCC)(OCC)C(N)CCNCCN. The molecule has 6 nitrogen and oxygen atoms in total. The van der Waals surface area contributed by atoms with Gasteiger partial charge in [-0.3, -0.25) is 0 Å². The van der Waals surface area contributed by atoms with Crippen molar-refractivity contribution in [3.8, 4) is 0 Å². The van der Waals surface area contributed by atoms with Gasteiger partial charge in [0, 0.05) is 32.9 Å². The van der Waals surface area contributed by atoms with Gasteiger partial charge in [-0.1, -0.05) is 0 Å². The molecule has 5 N–H and O–H groups in total. The summed E-state index contributed by atoms with van der Waals surface area (Å²) in [6.45, 7) is 9.65. The standard InChI is InChI=1S/C11H29N3O3Si/c1-4-15-18(16-5-2,17-6-3)11(13)7-9-14-10-8-12/h11,14H,4-10,12-13H2,1-3H3. The highest BCUT2D eigenvalue weighted by Crippen LogP contribution is 2.15. The third-order valence-electron chi connectivity index (χ3n) is 2.44. The summed E-state index contributed by atoms with van der Waals surface area (Å²) in [5.41, 5.74) is 11.4. The summed E-state index contributed by atoms with van der Waals surface area (Å²) < 4.78 is 17.2. The fourth-order valence-corrected chi connectivity index (χ4v) is 4.31. The molecule has 110 valence electrons. The zero-order valence-corrected chi connectivity index (χ0v) is 12.9. The third-order valence-corrected chi connectivity index (χ3v) is 5.71. The molecular formula is C11H29N3O3Si. The monoisotopic (exact) mass is 279 g/mol. The fourth-order valence-electron chi connectivity index (χ4n) is 1.71. The van der Waals surface area contributed by atoms with E-state index in [4.69, 9.17) is 24.7 Å². The fraction of sp³-hybridized carbons (Fsp3) is 1.00. The molecule has 0 aromatic carbocycles. The van der Waals surface area contributed by atoms with E-state index in [-0.39, 0.29) is 5.67 Å². The van der Waals surface area contributed by atoms with E-state index in [1.54, 1.807) is 0 Å². The molecule has 0 fully saturated rings. The van der Waals surface area contributed by atoms with Crippen LogP contribution < -0.4 is 16.8 Å². The molecule has 0 heterocycles. The minimum atomic E-state index is -2.75. The van der Waals surface area contributed by atoms with Crippen LogP contribution in [0.4, 0.5) is 0 Å². The van der Waals surface area contributed by atoms with Gasteiger partial charge >= 0.3 is 8.80 Å². The molecule has 0 aliphatic heterocycles. The van der Waals surface area contributed by atoms with Crippen LogP contribution in [0.25, 0.3) is 0 Å². The van der Waals surface area contributed by atoms with E-state index >= 15 is 0 Å². The van der Waals surface area contributed by atoms with E-state index < -0.39 is 8.80 Å². The lowest BCUT2D eigenvalue weighted by molar-refractivity contribution is 0.0613. The Balaban J connectivity index is 4.39. The van der Waals surface area contributed by atoms with Crippen LogP contribution in [0.15, 0.2) is 0 Å². The van der Waals surface area contributed by atoms with Crippen LogP contribution in [-0.4, -0.2) is 53.9 Å². The smallest absolute Gasteiger partial charge is 0.373 e. The van der Waals surface area contributed by atoms with Gasteiger partial charge in [-0.2, -0.15) is 0 Å². The van der Waals surface area contributed by atoms with E-state index in [1.165, 1.54) is 0 Å². The molecule has 0 radical (unpaired) electrons. The first-order valence-corrected chi connectivity index (χ1v) is 8.55. The molecular weight excluding hydrogens is 250 g/mol. The van der Waals surface area contributed by atoms with Crippen molar-refractivity contribution in [2.45, 2.75) is 32.9 Å². The molecule has 0 rings (SSSR count).